The van der Waals surface area contributed by atoms with E-state index in [-0.39, 0.29) is 38.3 Å². The molecule has 0 bridgehead atoms. The molecule has 2 aromatic carbocycles. The number of benzene rings is 2. The van der Waals surface area contributed by atoms with Gasteiger partial charge in [-0.05, 0) is 68.0 Å². The van der Waals surface area contributed by atoms with Crippen LogP contribution >= 0.6 is 11.3 Å². The number of carbonyl (C=O) groups is 2. The molecule has 0 aliphatic carbocycles. The van der Waals surface area contributed by atoms with E-state index in [1.807, 2.05) is 17.5 Å². The van der Waals surface area contributed by atoms with Crippen LogP contribution in [0, 0.1) is 5.82 Å². The summed E-state index contributed by atoms with van der Waals surface area (Å²) in [6.45, 7) is 6.97. The quantitative estimate of drug-likeness (QED) is 0.229. The molecule has 1 unspecified atom stereocenters. The number of thiophene rings is 1. The van der Waals surface area contributed by atoms with Gasteiger partial charge in [-0.3, -0.25) is 4.79 Å². The molecule has 12 heteroatoms. The maximum absolute atomic E-state index is 14.3. The van der Waals surface area contributed by atoms with Crippen molar-refractivity contribution < 1.29 is 28.2 Å². The fraction of sp³-hybridized carbons (Fsp3) is 0.394. The number of halogens is 1. The number of aromatic nitrogens is 2. The lowest BCUT2D eigenvalue weighted by molar-refractivity contribution is -0.131. The Hall–Kier alpha value is -4.13. The molecule has 1 aliphatic rings. The smallest absolute Gasteiger partial charge is 0.407 e. The normalized spacial score (nSPS) is 14.6. The van der Waals surface area contributed by atoms with Crippen molar-refractivity contribution in [3.05, 3.63) is 64.8 Å². The number of ether oxygens (including phenoxy) is 3. The topological polar surface area (TPSA) is 115 Å². The second kappa shape index (κ2) is 13.9. The molecular weight excluding hydrogens is 597 g/mol. The van der Waals surface area contributed by atoms with Crippen LogP contribution in [0.2, 0.25) is 0 Å². The number of nitrogens with one attached hydrogen (secondary N) is 2. The molecule has 3 heterocycles. The predicted molar refractivity (Wildman–Crippen MR) is 172 cm³/mol. The zero-order chi connectivity index (χ0) is 32.1. The van der Waals surface area contributed by atoms with E-state index in [1.165, 1.54) is 23.5 Å². The van der Waals surface area contributed by atoms with E-state index in [4.69, 9.17) is 14.2 Å². The van der Waals surface area contributed by atoms with E-state index in [0.29, 0.717) is 30.0 Å². The Labute approximate surface area is 265 Å². The highest BCUT2D eigenvalue weighted by molar-refractivity contribution is 7.17. The van der Waals surface area contributed by atoms with Gasteiger partial charge in [-0.15, -0.1) is 21.5 Å². The van der Waals surface area contributed by atoms with Crippen molar-refractivity contribution in [1.29, 1.82) is 0 Å². The molecule has 2 amide bonds. The minimum atomic E-state index is -0.571. The second-order valence-electron chi connectivity index (χ2n) is 11.9. The van der Waals surface area contributed by atoms with Gasteiger partial charge in [-0.1, -0.05) is 12.1 Å². The lowest BCUT2D eigenvalue weighted by Crippen LogP contribution is -2.47. The largest absolute Gasteiger partial charge is 0.490 e. The third kappa shape index (κ3) is 7.94. The minimum absolute atomic E-state index is 0.0505. The molecule has 0 saturated carbocycles. The molecule has 1 aliphatic heterocycles. The van der Waals surface area contributed by atoms with E-state index in [1.54, 1.807) is 45.8 Å². The highest BCUT2D eigenvalue weighted by atomic mass is 32.1. The molecular formula is C33H38FN5O5S. The Morgan fingerprint density at radius 3 is 2.62 bits per heavy atom. The fourth-order valence-corrected chi connectivity index (χ4v) is 5.97. The third-order valence-corrected chi connectivity index (χ3v) is 8.09. The highest BCUT2D eigenvalue weighted by Crippen LogP contribution is 2.39. The number of rotatable bonds is 10. The summed E-state index contributed by atoms with van der Waals surface area (Å²) >= 11 is 1.53. The number of alkyl carbamates (subject to hydrolysis) is 1. The molecule has 5 rings (SSSR count). The molecule has 238 valence electrons. The summed E-state index contributed by atoms with van der Waals surface area (Å²) in [5.41, 5.74) is 4.57. The molecule has 2 N–H and O–H groups in total. The number of hydrogen-bond acceptors (Lipinski definition) is 9. The van der Waals surface area contributed by atoms with Crippen LogP contribution in [0.25, 0.3) is 32.6 Å². The maximum atomic E-state index is 14.3. The average molecular weight is 636 g/mol. The summed E-state index contributed by atoms with van der Waals surface area (Å²) in [5.74, 6) is -0.0487. The Morgan fingerprint density at radius 2 is 1.84 bits per heavy atom. The Bertz CT molecular complexity index is 1690. The summed E-state index contributed by atoms with van der Waals surface area (Å²) in [6, 6.07) is 12.3. The summed E-state index contributed by atoms with van der Waals surface area (Å²) in [7, 11) is 3.53. The number of carbonyl (C=O) groups excluding carboxylic acids is 2. The van der Waals surface area contributed by atoms with Crippen molar-refractivity contribution in [2.75, 3.05) is 40.5 Å². The van der Waals surface area contributed by atoms with Crippen LogP contribution in [-0.2, 0) is 27.2 Å². The Morgan fingerprint density at radius 1 is 1.04 bits per heavy atom. The first-order valence-corrected chi connectivity index (χ1v) is 15.7. The van der Waals surface area contributed by atoms with Crippen molar-refractivity contribution in [2.45, 2.75) is 45.4 Å². The molecule has 0 radical (unpaired) electrons. The van der Waals surface area contributed by atoms with Gasteiger partial charge in [0.2, 0.25) is 5.91 Å². The van der Waals surface area contributed by atoms with Crippen LogP contribution in [-0.4, -0.2) is 79.2 Å². The highest BCUT2D eigenvalue weighted by Gasteiger charge is 2.26. The number of hydrogen-bond donors (Lipinski definition) is 2. The molecule has 2 aromatic heterocycles. The first-order chi connectivity index (χ1) is 21.5. The van der Waals surface area contributed by atoms with E-state index < -0.39 is 17.5 Å². The van der Waals surface area contributed by atoms with Crippen LogP contribution in [0.1, 0.15) is 31.9 Å². The van der Waals surface area contributed by atoms with Gasteiger partial charge in [0, 0.05) is 49.8 Å². The molecule has 1 atom stereocenters. The number of amides is 2. The summed E-state index contributed by atoms with van der Waals surface area (Å²) in [6.07, 6.45) is 0.0893. The van der Waals surface area contributed by atoms with E-state index in [2.05, 4.69) is 33.0 Å². The van der Waals surface area contributed by atoms with Crippen LogP contribution in [0.3, 0.4) is 0 Å². The molecule has 0 fully saturated rings. The van der Waals surface area contributed by atoms with E-state index >= 15 is 0 Å². The monoisotopic (exact) mass is 635 g/mol. The zero-order valence-electron chi connectivity index (χ0n) is 26.1. The standard InChI is InChI=1S/C33H38FN5O5S/c1-33(2,3)44-32(41)35-11-12-42-13-14-43-27-18-23(34)8-9-24(27)29-30-25(10-15-45-30)28(37-38-29)20-6-7-21-19-36-26(17-22(21)16-20)31(40)39(4)5/h6-10,15-16,18,26,36H,11-14,17,19H2,1-5H3,(H,35,41). The number of nitrogens with zero attached hydrogens (tertiary/aromatic N) is 3. The van der Waals surface area contributed by atoms with Crippen molar-refractivity contribution in [1.82, 2.24) is 25.7 Å². The molecule has 10 nitrogen and oxygen atoms in total. The van der Waals surface area contributed by atoms with Gasteiger partial charge in [0.15, 0.2) is 0 Å². The molecule has 0 saturated heterocycles. The predicted octanol–water partition coefficient (Wildman–Crippen LogP) is 5.19. The summed E-state index contributed by atoms with van der Waals surface area (Å²) in [4.78, 5) is 26.0. The van der Waals surface area contributed by atoms with Gasteiger partial charge in [-0.2, -0.15) is 0 Å². The molecule has 45 heavy (non-hydrogen) atoms. The Balaban J connectivity index is 1.29. The average Bonchev–Trinajstić information content (AvgIpc) is 3.49. The first kappa shape index (κ1) is 32.3. The van der Waals surface area contributed by atoms with Crippen LogP contribution in [0.5, 0.6) is 5.75 Å². The first-order valence-electron chi connectivity index (χ1n) is 14.8. The van der Waals surface area contributed by atoms with Gasteiger partial charge in [-0.25, -0.2) is 9.18 Å². The maximum Gasteiger partial charge on any atom is 0.407 e. The lowest BCUT2D eigenvalue weighted by Gasteiger charge is -2.27. The van der Waals surface area contributed by atoms with Crippen molar-refractivity contribution in [3.8, 4) is 28.3 Å². The van der Waals surface area contributed by atoms with E-state index in [0.717, 1.165) is 32.5 Å². The summed E-state index contributed by atoms with van der Waals surface area (Å²) in [5, 5.41) is 18.1. The Kier molecular flexibility index (Phi) is 9.96. The SMILES string of the molecule is CN(C)C(=O)C1Cc2cc(-c3nnc(-c4ccc(F)cc4OCCOCCNC(=O)OC(C)(C)C)c4sccc34)ccc2CN1. The van der Waals surface area contributed by atoms with Gasteiger partial charge in [0.1, 0.15) is 35.2 Å². The van der Waals surface area contributed by atoms with Crippen molar-refractivity contribution in [2.24, 2.45) is 0 Å². The van der Waals surface area contributed by atoms with Crippen molar-refractivity contribution in [3.63, 3.8) is 0 Å². The number of likely N-dealkylation sites (N-methyl/N-ethyl adjacent to an activating group) is 1. The van der Waals surface area contributed by atoms with E-state index in [9.17, 15) is 14.0 Å². The van der Waals surface area contributed by atoms with Gasteiger partial charge in [0.25, 0.3) is 0 Å². The summed E-state index contributed by atoms with van der Waals surface area (Å²) < 4.78 is 31.9. The van der Waals surface area contributed by atoms with Gasteiger partial charge >= 0.3 is 6.09 Å². The second-order valence-corrected chi connectivity index (χ2v) is 12.9. The third-order valence-electron chi connectivity index (χ3n) is 7.17. The van der Waals surface area contributed by atoms with Gasteiger partial charge < -0.3 is 29.7 Å². The van der Waals surface area contributed by atoms with Crippen molar-refractivity contribution >= 4 is 33.4 Å². The zero-order valence-corrected chi connectivity index (χ0v) is 26.9. The van der Waals surface area contributed by atoms with Crippen LogP contribution < -0.4 is 15.4 Å². The molecule has 0 spiro atoms. The van der Waals surface area contributed by atoms with Crippen LogP contribution in [0.4, 0.5) is 9.18 Å². The molecule has 4 aromatic rings. The number of fused-ring (bicyclic) bond motifs is 2. The fourth-order valence-electron chi connectivity index (χ4n) is 5.08. The van der Waals surface area contributed by atoms with Crippen LogP contribution in [0.15, 0.2) is 47.8 Å². The lowest BCUT2D eigenvalue weighted by atomic mass is 9.92. The van der Waals surface area contributed by atoms with Gasteiger partial charge in [0.05, 0.1) is 24.0 Å². The minimum Gasteiger partial charge on any atom is -0.490 e.